The van der Waals surface area contributed by atoms with E-state index in [4.69, 9.17) is 23.7 Å². The van der Waals surface area contributed by atoms with Gasteiger partial charge in [0.2, 0.25) is 0 Å². The average molecular weight is 493 g/mol. The van der Waals surface area contributed by atoms with Gasteiger partial charge in [-0.3, -0.25) is 4.74 Å². The van der Waals surface area contributed by atoms with Gasteiger partial charge in [0.25, 0.3) is 5.97 Å². The van der Waals surface area contributed by atoms with Gasteiger partial charge in [0, 0.05) is 13.5 Å². The Kier molecular flexibility index (Phi) is 7.23. The molecular formula is C29H32O7. The fourth-order valence-corrected chi connectivity index (χ4v) is 5.06. The highest BCUT2D eigenvalue weighted by atomic mass is 16.9. The van der Waals surface area contributed by atoms with Gasteiger partial charge in [0.15, 0.2) is 6.29 Å². The lowest BCUT2D eigenvalue weighted by Gasteiger charge is -2.41. The molecule has 7 nitrogen and oxygen atoms in total. The second-order valence-electron chi connectivity index (χ2n) is 9.11. The Morgan fingerprint density at radius 2 is 1.28 bits per heavy atom. The molecule has 0 unspecified atom stereocenters. The molecule has 190 valence electrons. The monoisotopic (exact) mass is 492 g/mol. The van der Waals surface area contributed by atoms with Gasteiger partial charge in [-0.05, 0) is 23.6 Å². The van der Waals surface area contributed by atoms with Crippen LogP contribution in [0.5, 0.6) is 0 Å². The normalized spacial score (nSPS) is 30.2. The van der Waals surface area contributed by atoms with E-state index in [0.717, 1.165) is 16.7 Å². The van der Waals surface area contributed by atoms with Crippen molar-refractivity contribution in [2.24, 2.45) is 0 Å². The average Bonchev–Trinajstić information content (AvgIpc) is 3.25. The molecule has 3 aromatic rings. The molecule has 3 aromatic carbocycles. The van der Waals surface area contributed by atoms with Crippen molar-refractivity contribution in [1.29, 1.82) is 0 Å². The highest BCUT2D eigenvalue weighted by Gasteiger charge is 2.56. The maximum absolute atomic E-state index is 11.0. The van der Waals surface area contributed by atoms with Gasteiger partial charge < -0.3 is 29.2 Å². The number of hydrogen-bond donors (Lipinski definition) is 2. The minimum Gasteiger partial charge on any atom is -0.387 e. The third-order valence-electron chi connectivity index (χ3n) is 6.74. The van der Waals surface area contributed by atoms with Crippen molar-refractivity contribution >= 4 is 0 Å². The molecule has 0 saturated carbocycles. The fraction of sp³-hybridized carbons (Fsp3) is 0.379. The minimum atomic E-state index is -1.36. The Hall–Kier alpha value is -2.62. The number of hydrogen-bond acceptors (Lipinski definition) is 7. The maximum Gasteiger partial charge on any atom is 0.282 e. The van der Waals surface area contributed by atoms with Gasteiger partial charge in [-0.1, -0.05) is 91.0 Å². The van der Waals surface area contributed by atoms with Crippen molar-refractivity contribution in [3.05, 3.63) is 108 Å². The minimum absolute atomic E-state index is 0.0190. The number of ether oxygens (including phenoxy) is 5. The molecule has 2 saturated heterocycles. The van der Waals surface area contributed by atoms with E-state index in [-0.39, 0.29) is 6.61 Å². The number of benzene rings is 3. The smallest absolute Gasteiger partial charge is 0.282 e. The van der Waals surface area contributed by atoms with E-state index in [9.17, 15) is 10.2 Å². The topological polar surface area (TPSA) is 86.6 Å². The molecule has 2 aliphatic rings. The summed E-state index contributed by atoms with van der Waals surface area (Å²) in [6.07, 6.45) is -5.15. The summed E-state index contributed by atoms with van der Waals surface area (Å²) in [5.74, 6) is -1.36. The van der Waals surface area contributed by atoms with Gasteiger partial charge in [0.1, 0.15) is 30.0 Å². The SMILES string of the molecule is CCO[C@@]1(C)O[C@H]2O[C@@H](COC(c3ccccc3)(c3ccccc3)c3ccccc3)[C@@H](O)[C@@H](O)[C@@H]2O1. The molecule has 6 atom stereocenters. The maximum atomic E-state index is 11.0. The summed E-state index contributed by atoms with van der Waals surface area (Å²) in [4.78, 5) is 0. The Balaban J connectivity index is 1.49. The molecule has 2 fully saturated rings. The van der Waals surface area contributed by atoms with Crippen molar-refractivity contribution in [3.63, 3.8) is 0 Å². The van der Waals surface area contributed by atoms with E-state index in [1.807, 2.05) is 97.9 Å². The Morgan fingerprint density at radius 1 is 0.778 bits per heavy atom. The predicted molar refractivity (Wildman–Crippen MR) is 132 cm³/mol. The lowest BCUT2D eigenvalue weighted by atomic mass is 9.80. The first kappa shape index (κ1) is 25.0. The molecule has 0 aliphatic carbocycles. The van der Waals surface area contributed by atoms with Crippen LogP contribution in [0.15, 0.2) is 91.0 Å². The predicted octanol–water partition coefficient (Wildman–Crippen LogP) is 3.57. The van der Waals surface area contributed by atoms with Gasteiger partial charge in [-0.2, -0.15) is 0 Å². The van der Waals surface area contributed by atoms with Crippen molar-refractivity contribution in [2.75, 3.05) is 13.2 Å². The van der Waals surface area contributed by atoms with E-state index < -0.39 is 42.3 Å². The molecule has 2 aliphatic heterocycles. The lowest BCUT2D eigenvalue weighted by Crippen LogP contribution is -2.58. The molecule has 0 radical (unpaired) electrons. The second kappa shape index (κ2) is 10.4. The summed E-state index contributed by atoms with van der Waals surface area (Å²) in [6.45, 7) is 3.77. The Morgan fingerprint density at radius 3 is 1.75 bits per heavy atom. The first-order chi connectivity index (χ1) is 17.5. The van der Waals surface area contributed by atoms with Crippen LogP contribution in [0.1, 0.15) is 30.5 Å². The third kappa shape index (κ3) is 4.60. The fourth-order valence-electron chi connectivity index (χ4n) is 5.06. The standard InChI is InChI=1S/C29H32O7/c1-3-32-28(2)35-26-25(31)24(30)23(34-27(26)36-28)19-33-29(20-13-7-4-8-14-20,21-15-9-5-10-16-21)22-17-11-6-12-18-22/h4-18,23-27,30-31H,3,19H2,1-2H3/t23-,24+,25+,26-,27+,28+/m0/s1. The largest absolute Gasteiger partial charge is 0.387 e. The number of rotatable bonds is 8. The van der Waals surface area contributed by atoms with Crippen LogP contribution in [0.3, 0.4) is 0 Å². The van der Waals surface area contributed by atoms with Crippen LogP contribution < -0.4 is 0 Å². The zero-order chi connectivity index (χ0) is 25.2. The van der Waals surface area contributed by atoms with Gasteiger partial charge >= 0.3 is 0 Å². The van der Waals surface area contributed by atoms with Crippen LogP contribution in [-0.4, -0.2) is 60.1 Å². The Bertz CT molecular complexity index is 1010. The van der Waals surface area contributed by atoms with Crippen molar-refractivity contribution in [2.45, 2.75) is 56.1 Å². The Labute approximate surface area is 211 Å². The van der Waals surface area contributed by atoms with E-state index in [0.29, 0.717) is 6.61 Å². The number of aliphatic hydroxyl groups excluding tert-OH is 2. The summed E-state index contributed by atoms with van der Waals surface area (Å²) in [6, 6.07) is 29.8. The third-order valence-corrected chi connectivity index (χ3v) is 6.74. The van der Waals surface area contributed by atoms with Crippen molar-refractivity contribution in [1.82, 2.24) is 0 Å². The lowest BCUT2D eigenvalue weighted by molar-refractivity contribution is -0.343. The number of fused-ring (bicyclic) bond motifs is 1. The molecule has 0 spiro atoms. The highest BCUT2D eigenvalue weighted by Crippen LogP contribution is 2.42. The summed E-state index contributed by atoms with van der Waals surface area (Å²) in [7, 11) is 0. The van der Waals surface area contributed by atoms with E-state index >= 15 is 0 Å². The first-order valence-corrected chi connectivity index (χ1v) is 12.3. The van der Waals surface area contributed by atoms with Crippen LogP contribution >= 0.6 is 0 Å². The van der Waals surface area contributed by atoms with Crippen LogP contribution in [0.2, 0.25) is 0 Å². The molecule has 0 amide bonds. The van der Waals surface area contributed by atoms with Gasteiger partial charge in [-0.25, -0.2) is 0 Å². The van der Waals surface area contributed by atoms with Crippen LogP contribution in [-0.2, 0) is 29.3 Å². The second-order valence-corrected chi connectivity index (χ2v) is 9.11. The quantitative estimate of drug-likeness (QED) is 0.465. The summed E-state index contributed by atoms with van der Waals surface area (Å²) >= 11 is 0. The van der Waals surface area contributed by atoms with Crippen LogP contribution in [0.4, 0.5) is 0 Å². The molecule has 5 rings (SSSR count). The van der Waals surface area contributed by atoms with Crippen LogP contribution in [0, 0.1) is 0 Å². The van der Waals surface area contributed by atoms with Gasteiger partial charge in [0.05, 0.1) is 6.61 Å². The van der Waals surface area contributed by atoms with Crippen molar-refractivity contribution in [3.8, 4) is 0 Å². The van der Waals surface area contributed by atoms with E-state index in [1.165, 1.54) is 0 Å². The summed E-state index contributed by atoms with van der Waals surface area (Å²) in [5.41, 5.74) is 1.79. The van der Waals surface area contributed by atoms with Gasteiger partial charge in [-0.15, -0.1) is 0 Å². The molecular weight excluding hydrogens is 460 g/mol. The molecule has 0 bridgehead atoms. The molecule has 2 N–H and O–H groups in total. The molecule has 0 aromatic heterocycles. The van der Waals surface area contributed by atoms with E-state index in [1.54, 1.807) is 6.92 Å². The number of aliphatic hydroxyl groups is 2. The van der Waals surface area contributed by atoms with E-state index in [2.05, 4.69) is 0 Å². The molecule has 7 heteroatoms. The van der Waals surface area contributed by atoms with Crippen LogP contribution in [0.25, 0.3) is 0 Å². The molecule has 36 heavy (non-hydrogen) atoms. The summed E-state index contributed by atoms with van der Waals surface area (Å²) < 4.78 is 30.0. The highest BCUT2D eigenvalue weighted by molar-refractivity contribution is 5.47. The van der Waals surface area contributed by atoms with Crippen molar-refractivity contribution < 1.29 is 33.9 Å². The first-order valence-electron chi connectivity index (χ1n) is 12.3. The zero-order valence-electron chi connectivity index (χ0n) is 20.4. The zero-order valence-corrected chi connectivity index (χ0v) is 20.4. The summed E-state index contributed by atoms with van der Waals surface area (Å²) in [5, 5.41) is 21.8. The molecule has 2 heterocycles.